The summed E-state index contributed by atoms with van der Waals surface area (Å²) < 4.78 is 23.1. The zero-order chi connectivity index (χ0) is 16.4. The monoisotopic (exact) mass is 336 g/mol. The third kappa shape index (κ3) is 3.67. The first-order chi connectivity index (χ1) is 11.8. The molecule has 6 nitrogen and oxygen atoms in total. The highest BCUT2D eigenvalue weighted by atomic mass is 16.5. The van der Waals surface area contributed by atoms with Gasteiger partial charge in [-0.25, -0.2) is 0 Å². The Morgan fingerprint density at radius 3 is 2.92 bits per heavy atom. The van der Waals surface area contributed by atoms with E-state index in [0.717, 1.165) is 70.2 Å². The maximum Gasteiger partial charge on any atom is 0.133 e. The molecular formula is C18H28N2O4. The third-order valence-corrected chi connectivity index (χ3v) is 5.51. The average Bonchev–Trinajstić information content (AvgIpc) is 3.18. The Bertz CT molecular complexity index is 529. The molecule has 0 radical (unpaired) electrons. The lowest BCUT2D eigenvalue weighted by atomic mass is 10.0. The minimum Gasteiger partial charge on any atom is -0.381 e. The van der Waals surface area contributed by atoms with Crippen molar-refractivity contribution in [1.29, 1.82) is 0 Å². The molecule has 4 heterocycles. The molecule has 0 aliphatic carbocycles. The van der Waals surface area contributed by atoms with Gasteiger partial charge in [0.1, 0.15) is 11.9 Å². The van der Waals surface area contributed by atoms with Crippen molar-refractivity contribution in [3.8, 4) is 0 Å². The van der Waals surface area contributed by atoms with E-state index in [1.807, 2.05) is 13.0 Å². The van der Waals surface area contributed by atoms with Gasteiger partial charge in [0.25, 0.3) is 0 Å². The Hall–Kier alpha value is -0.950. The van der Waals surface area contributed by atoms with Crippen molar-refractivity contribution >= 4 is 0 Å². The summed E-state index contributed by atoms with van der Waals surface area (Å²) in [5, 5.41) is 4.15. The van der Waals surface area contributed by atoms with Gasteiger partial charge in [0, 0.05) is 45.0 Å². The van der Waals surface area contributed by atoms with Crippen LogP contribution in [0.5, 0.6) is 0 Å². The first-order valence-electron chi connectivity index (χ1n) is 9.27. The van der Waals surface area contributed by atoms with Crippen LogP contribution in [0.2, 0.25) is 0 Å². The molecule has 0 spiro atoms. The second-order valence-corrected chi connectivity index (χ2v) is 7.33. The summed E-state index contributed by atoms with van der Waals surface area (Å²) >= 11 is 0. The summed E-state index contributed by atoms with van der Waals surface area (Å²) in [7, 11) is 0. The summed E-state index contributed by atoms with van der Waals surface area (Å²) in [4.78, 5) is 2.47. The number of aromatic nitrogens is 1. The molecule has 0 amide bonds. The molecule has 1 aromatic rings. The highest BCUT2D eigenvalue weighted by Crippen LogP contribution is 2.32. The molecule has 3 aliphatic heterocycles. The van der Waals surface area contributed by atoms with E-state index in [1.54, 1.807) is 0 Å². The van der Waals surface area contributed by atoms with Crippen molar-refractivity contribution in [1.82, 2.24) is 10.1 Å². The van der Waals surface area contributed by atoms with E-state index in [2.05, 4.69) is 10.1 Å². The highest BCUT2D eigenvalue weighted by molar-refractivity contribution is 5.06. The molecule has 0 unspecified atom stereocenters. The van der Waals surface area contributed by atoms with Gasteiger partial charge >= 0.3 is 0 Å². The van der Waals surface area contributed by atoms with Crippen LogP contribution in [0.25, 0.3) is 0 Å². The molecule has 0 bridgehead atoms. The molecular weight excluding hydrogens is 308 g/mol. The fraction of sp³-hybridized carbons (Fsp3) is 0.833. The van der Waals surface area contributed by atoms with E-state index in [-0.39, 0.29) is 12.2 Å². The molecule has 1 aromatic heterocycles. The fourth-order valence-electron chi connectivity index (χ4n) is 4.21. The van der Waals surface area contributed by atoms with Gasteiger partial charge < -0.3 is 18.7 Å². The van der Waals surface area contributed by atoms with Gasteiger partial charge in [0.15, 0.2) is 0 Å². The summed E-state index contributed by atoms with van der Waals surface area (Å²) in [5.41, 5.74) is 1.00. The summed E-state index contributed by atoms with van der Waals surface area (Å²) in [6, 6.07) is 2.46. The number of nitrogens with zero attached hydrogens (tertiary/aromatic N) is 2. The topological polar surface area (TPSA) is 57.0 Å². The van der Waals surface area contributed by atoms with Crippen molar-refractivity contribution < 1.29 is 18.7 Å². The number of hydrogen-bond acceptors (Lipinski definition) is 6. The minimum atomic E-state index is 0.172. The number of aryl methyl sites for hydroxylation is 1. The van der Waals surface area contributed by atoms with Crippen LogP contribution in [0.1, 0.15) is 37.1 Å². The van der Waals surface area contributed by atoms with E-state index in [4.69, 9.17) is 18.7 Å². The predicted molar refractivity (Wildman–Crippen MR) is 87.7 cm³/mol. The lowest BCUT2D eigenvalue weighted by molar-refractivity contribution is -0.0892. The first kappa shape index (κ1) is 16.5. The van der Waals surface area contributed by atoms with Gasteiger partial charge in [-0.3, -0.25) is 4.90 Å². The molecule has 3 saturated heterocycles. The number of fused-ring (bicyclic) bond motifs is 1. The fourth-order valence-corrected chi connectivity index (χ4v) is 4.21. The Kier molecular flexibility index (Phi) is 5.17. The van der Waals surface area contributed by atoms with E-state index >= 15 is 0 Å². The van der Waals surface area contributed by atoms with Crippen LogP contribution >= 0.6 is 0 Å². The van der Waals surface area contributed by atoms with Gasteiger partial charge in [-0.15, -0.1) is 0 Å². The predicted octanol–water partition coefficient (Wildman–Crippen LogP) is 2.16. The Balaban J connectivity index is 1.37. The smallest absolute Gasteiger partial charge is 0.133 e. The molecule has 0 N–H and O–H groups in total. The van der Waals surface area contributed by atoms with Crippen molar-refractivity contribution in [2.45, 2.75) is 57.4 Å². The van der Waals surface area contributed by atoms with Gasteiger partial charge in [0.05, 0.1) is 18.4 Å². The van der Waals surface area contributed by atoms with E-state index in [0.29, 0.717) is 12.0 Å². The van der Waals surface area contributed by atoms with Gasteiger partial charge in [0.2, 0.25) is 0 Å². The Morgan fingerprint density at radius 2 is 2.12 bits per heavy atom. The third-order valence-electron chi connectivity index (χ3n) is 5.51. The van der Waals surface area contributed by atoms with Crippen molar-refractivity contribution in [2.24, 2.45) is 5.92 Å². The Morgan fingerprint density at radius 1 is 1.25 bits per heavy atom. The van der Waals surface area contributed by atoms with Crippen molar-refractivity contribution in [3.05, 3.63) is 17.5 Å². The molecule has 24 heavy (non-hydrogen) atoms. The number of hydrogen-bond donors (Lipinski definition) is 0. The molecule has 3 atom stereocenters. The molecule has 0 saturated carbocycles. The first-order valence-corrected chi connectivity index (χ1v) is 9.27. The van der Waals surface area contributed by atoms with Crippen LogP contribution in [-0.4, -0.2) is 61.3 Å². The zero-order valence-corrected chi connectivity index (χ0v) is 14.5. The number of ether oxygens (including phenoxy) is 3. The summed E-state index contributed by atoms with van der Waals surface area (Å²) in [6.45, 7) is 7.11. The lowest BCUT2D eigenvalue weighted by Crippen LogP contribution is -2.42. The second-order valence-electron chi connectivity index (χ2n) is 7.33. The molecule has 6 heteroatoms. The van der Waals surface area contributed by atoms with E-state index in [1.165, 1.54) is 6.42 Å². The van der Waals surface area contributed by atoms with Crippen LogP contribution < -0.4 is 0 Å². The van der Waals surface area contributed by atoms with Gasteiger partial charge in [-0.2, -0.15) is 0 Å². The van der Waals surface area contributed by atoms with Crippen LogP contribution in [0, 0.1) is 12.8 Å². The molecule has 0 aromatic carbocycles. The van der Waals surface area contributed by atoms with Gasteiger partial charge in [-0.1, -0.05) is 5.16 Å². The molecule has 134 valence electrons. The van der Waals surface area contributed by atoms with Crippen molar-refractivity contribution in [2.75, 3.05) is 33.0 Å². The summed E-state index contributed by atoms with van der Waals surface area (Å²) in [6.07, 6.45) is 4.91. The van der Waals surface area contributed by atoms with E-state index < -0.39 is 0 Å². The maximum absolute atomic E-state index is 6.32. The molecule has 3 aliphatic rings. The maximum atomic E-state index is 6.32. The number of likely N-dealkylation sites (tertiary alicyclic amines) is 1. The largest absolute Gasteiger partial charge is 0.381 e. The summed E-state index contributed by atoms with van der Waals surface area (Å²) in [5.74, 6) is 1.50. The molecule has 3 fully saturated rings. The van der Waals surface area contributed by atoms with Gasteiger partial charge in [-0.05, 0) is 38.5 Å². The van der Waals surface area contributed by atoms with Crippen LogP contribution in [0.4, 0.5) is 0 Å². The SMILES string of the molecule is Cc1cc(CN2C[C@H](OCC3CCOCC3)[C@H]3OCCC[C@H]32)no1. The average molecular weight is 336 g/mol. The second kappa shape index (κ2) is 7.52. The standard InChI is InChI=1S/C18H28N2O4/c1-13-9-15(19-24-13)10-20-11-17(18-16(20)3-2-6-22-18)23-12-14-4-7-21-8-5-14/h9,14,16-18H,2-8,10-12H2,1H3/t16-,17+,18+/m1/s1. The van der Waals surface area contributed by atoms with E-state index in [9.17, 15) is 0 Å². The van der Waals surface area contributed by atoms with Crippen LogP contribution in [0.15, 0.2) is 10.6 Å². The van der Waals surface area contributed by atoms with Crippen LogP contribution in [0.3, 0.4) is 0 Å². The molecule has 4 rings (SSSR count). The van der Waals surface area contributed by atoms with Crippen molar-refractivity contribution in [3.63, 3.8) is 0 Å². The lowest BCUT2D eigenvalue weighted by Gasteiger charge is -2.32. The minimum absolute atomic E-state index is 0.172. The normalized spacial score (nSPS) is 32.1. The highest BCUT2D eigenvalue weighted by Gasteiger charge is 2.44. The van der Waals surface area contributed by atoms with Crippen LogP contribution in [-0.2, 0) is 20.8 Å². The Labute approximate surface area is 143 Å². The number of rotatable bonds is 5. The zero-order valence-electron chi connectivity index (χ0n) is 14.5. The quantitative estimate of drug-likeness (QED) is 0.821.